The highest BCUT2D eigenvalue weighted by molar-refractivity contribution is 6.30. The molecule has 2 nitrogen and oxygen atoms in total. The first kappa shape index (κ1) is 14.4. The summed E-state index contributed by atoms with van der Waals surface area (Å²) in [5, 5.41) is 3.59. The molecule has 0 aliphatic heterocycles. The minimum Gasteiger partial charge on any atom is -0.322 e. The first-order chi connectivity index (χ1) is 9.56. The van der Waals surface area contributed by atoms with E-state index in [9.17, 15) is 4.79 Å². The van der Waals surface area contributed by atoms with Gasteiger partial charge >= 0.3 is 0 Å². The van der Waals surface area contributed by atoms with Crippen LogP contribution in [0.3, 0.4) is 0 Å². The molecular formula is C17H16ClNO. The van der Waals surface area contributed by atoms with Crippen LogP contribution in [-0.2, 0) is 4.79 Å². The number of para-hydroxylation sites is 1. The van der Waals surface area contributed by atoms with Gasteiger partial charge in [0.15, 0.2) is 0 Å². The van der Waals surface area contributed by atoms with Gasteiger partial charge in [-0.1, -0.05) is 41.9 Å². The molecule has 2 aromatic carbocycles. The number of carbonyl (C=O) groups excluding carboxylic acids is 1. The van der Waals surface area contributed by atoms with Crippen LogP contribution in [0.2, 0.25) is 5.02 Å². The predicted molar refractivity (Wildman–Crippen MR) is 85.0 cm³/mol. The molecule has 2 rings (SSSR count). The molecule has 0 aromatic heterocycles. The SMILES string of the molecule is Cc1cccc(C)c1NC(=O)C=Cc1ccc(Cl)cc1. The van der Waals surface area contributed by atoms with Crippen LogP contribution in [0.4, 0.5) is 5.69 Å². The Morgan fingerprint density at radius 3 is 2.25 bits per heavy atom. The Kier molecular flexibility index (Phi) is 4.59. The average molecular weight is 286 g/mol. The van der Waals surface area contributed by atoms with Gasteiger partial charge in [-0.25, -0.2) is 0 Å². The second-order valence-corrected chi connectivity index (χ2v) is 5.08. The Labute approximate surface area is 124 Å². The highest BCUT2D eigenvalue weighted by Gasteiger charge is 2.04. The van der Waals surface area contributed by atoms with E-state index in [-0.39, 0.29) is 5.91 Å². The van der Waals surface area contributed by atoms with Gasteiger partial charge in [-0.3, -0.25) is 4.79 Å². The first-order valence-corrected chi connectivity index (χ1v) is 6.75. The van der Waals surface area contributed by atoms with Crippen LogP contribution < -0.4 is 5.32 Å². The van der Waals surface area contributed by atoms with Gasteiger partial charge in [-0.05, 0) is 48.7 Å². The smallest absolute Gasteiger partial charge is 0.248 e. The number of nitrogens with one attached hydrogen (secondary N) is 1. The summed E-state index contributed by atoms with van der Waals surface area (Å²) in [6.45, 7) is 3.96. The lowest BCUT2D eigenvalue weighted by Crippen LogP contribution is -2.10. The minimum atomic E-state index is -0.141. The van der Waals surface area contributed by atoms with E-state index in [0.29, 0.717) is 5.02 Å². The Morgan fingerprint density at radius 1 is 1.05 bits per heavy atom. The topological polar surface area (TPSA) is 29.1 Å². The van der Waals surface area contributed by atoms with Crippen molar-refractivity contribution in [2.24, 2.45) is 0 Å². The van der Waals surface area contributed by atoms with Gasteiger partial charge < -0.3 is 5.32 Å². The van der Waals surface area contributed by atoms with E-state index in [0.717, 1.165) is 22.4 Å². The fourth-order valence-corrected chi connectivity index (χ4v) is 2.05. The zero-order valence-corrected chi connectivity index (χ0v) is 12.2. The van der Waals surface area contributed by atoms with Crippen LogP contribution in [0, 0.1) is 13.8 Å². The van der Waals surface area contributed by atoms with Crippen molar-refractivity contribution in [1.82, 2.24) is 0 Å². The maximum Gasteiger partial charge on any atom is 0.248 e. The Bertz CT molecular complexity index is 624. The van der Waals surface area contributed by atoms with Crippen molar-refractivity contribution in [3.63, 3.8) is 0 Å². The summed E-state index contributed by atoms with van der Waals surface area (Å²) in [5.41, 5.74) is 3.92. The van der Waals surface area contributed by atoms with Crippen LogP contribution in [0.1, 0.15) is 16.7 Å². The molecule has 20 heavy (non-hydrogen) atoms. The Morgan fingerprint density at radius 2 is 1.65 bits per heavy atom. The number of carbonyl (C=O) groups is 1. The number of benzene rings is 2. The average Bonchev–Trinajstić information content (AvgIpc) is 2.42. The third kappa shape index (κ3) is 3.72. The van der Waals surface area contributed by atoms with Crippen molar-refractivity contribution in [3.05, 3.63) is 70.3 Å². The molecule has 0 spiro atoms. The molecule has 0 fully saturated rings. The van der Waals surface area contributed by atoms with Gasteiger partial charge in [0.1, 0.15) is 0 Å². The quantitative estimate of drug-likeness (QED) is 0.820. The molecule has 0 saturated heterocycles. The van der Waals surface area contributed by atoms with E-state index in [2.05, 4.69) is 5.32 Å². The van der Waals surface area contributed by atoms with Crippen molar-refractivity contribution in [3.8, 4) is 0 Å². The molecule has 1 N–H and O–H groups in total. The molecule has 0 aliphatic rings. The van der Waals surface area contributed by atoms with Gasteiger partial charge in [-0.2, -0.15) is 0 Å². The largest absolute Gasteiger partial charge is 0.322 e. The van der Waals surface area contributed by atoms with Gasteiger partial charge in [0.2, 0.25) is 5.91 Å². The van der Waals surface area contributed by atoms with Crippen molar-refractivity contribution in [2.45, 2.75) is 13.8 Å². The molecular weight excluding hydrogens is 270 g/mol. The molecule has 0 atom stereocenters. The number of hydrogen-bond acceptors (Lipinski definition) is 1. The molecule has 0 radical (unpaired) electrons. The monoisotopic (exact) mass is 285 g/mol. The summed E-state index contributed by atoms with van der Waals surface area (Å²) in [6, 6.07) is 13.3. The summed E-state index contributed by atoms with van der Waals surface area (Å²) >= 11 is 5.81. The van der Waals surface area contributed by atoms with Crippen molar-refractivity contribution >= 4 is 29.3 Å². The molecule has 0 heterocycles. The first-order valence-electron chi connectivity index (χ1n) is 6.37. The van der Waals surface area contributed by atoms with Gasteiger partial charge in [0.25, 0.3) is 0 Å². The molecule has 102 valence electrons. The van der Waals surface area contributed by atoms with Crippen LogP contribution >= 0.6 is 11.6 Å². The van der Waals surface area contributed by atoms with Crippen molar-refractivity contribution < 1.29 is 4.79 Å². The number of hydrogen-bond donors (Lipinski definition) is 1. The number of halogens is 1. The van der Waals surface area contributed by atoms with Crippen LogP contribution in [0.5, 0.6) is 0 Å². The third-order valence-corrected chi connectivity index (χ3v) is 3.28. The minimum absolute atomic E-state index is 0.141. The lowest BCUT2D eigenvalue weighted by Gasteiger charge is -2.09. The second-order valence-electron chi connectivity index (χ2n) is 4.64. The molecule has 2 aromatic rings. The normalized spacial score (nSPS) is 10.8. The molecule has 3 heteroatoms. The second kappa shape index (κ2) is 6.40. The maximum absolute atomic E-state index is 11.9. The van der Waals surface area contributed by atoms with Crippen LogP contribution in [0.15, 0.2) is 48.5 Å². The van der Waals surface area contributed by atoms with E-state index in [1.807, 2.05) is 44.2 Å². The summed E-state index contributed by atoms with van der Waals surface area (Å²) < 4.78 is 0. The maximum atomic E-state index is 11.9. The molecule has 0 aliphatic carbocycles. The fraction of sp³-hybridized carbons (Fsp3) is 0.118. The van der Waals surface area contributed by atoms with E-state index in [1.54, 1.807) is 18.2 Å². The Balaban J connectivity index is 2.07. The zero-order valence-electron chi connectivity index (χ0n) is 11.5. The van der Waals surface area contributed by atoms with E-state index < -0.39 is 0 Å². The molecule has 0 bridgehead atoms. The highest BCUT2D eigenvalue weighted by atomic mass is 35.5. The molecule has 1 amide bonds. The van der Waals surface area contributed by atoms with Gasteiger partial charge in [0, 0.05) is 16.8 Å². The lowest BCUT2D eigenvalue weighted by molar-refractivity contribution is -0.111. The van der Waals surface area contributed by atoms with Crippen molar-refractivity contribution in [1.29, 1.82) is 0 Å². The van der Waals surface area contributed by atoms with Gasteiger partial charge in [-0.15, -0.1) is 0 Å². The number of aryl methyl sites for hydroxylation is 2. The Hall–Kier alpha value is -2.06. The lowest BCUT2D eigenvalue weighted by atomic mass is 10.1. The van der Waals surface area contributed by atoms with Crippen LogP contribution in [-0.4, -0.2) is 5.91 Å². The predicted octanol–water partition coefficient (Wildman–Crippen LogP) is 4.61. The summed E-state index contributed by atoms with van der Waals surface area (Å²) in [4.78, 5) is 11.9. The summed E-state index contributed by atoms with van der Waals surface area (Å²) in [6.07, 6.45) is 3.29. The summed E-state index contributed by atoms with van der Waals surface area (Å²) in [5.74, 6) is -0.141. The standard InChI is InChI=1S/C17H16ClNO/c1-12-4-3-5-13(2)17(12)19-16(20)11-8-14-6-9-15(18)10-7-14/h3-11H,1-2H3,(H,19,20). The number of rotatable bonds is 3. The summed E-state index contributed by atoms with van der Waals surface area (Å²) in [7, 11) is 0. The van der Waals surface area contributed by atoms with Gasteiger partial charge in [0.05, 0.1) is 0 Å². The van der Waals surface area contributed by atoms with Crippen molar-refractivity contribution in [2.75, 3.05) is 5.32 Å². The van der Waals surface area contributed by atoms with Crippen LogP contribution in [0.25, 0.3) is 6.08 Å². The number of anilines is 1. The van der Waals surface area contributed by atoms with E-state index in [1.165, 1.54) is 6.08 Å². The fourth-order valence-electron chi connectivity index (χ4n) is 1.92. The zero-order chi connectivity index (χ0) is 14.5. The molecule has 0 saturated carbocycles. The van der Waals surface area contributed by atoms with E-state index in [4.69, 9.17) is 11.6 Å². The highest BCUT2D eigenvalue weighted by Crippen LogP contribution is 2.19. The number of amides is 1. The van der Waals surface area contributed by atoms with E-state index >= 15 is 0 Å². The molecule has 0 unspecified atom stereocenters. The third-order valence-electron chi connectivity index (χ3n) is 3.03.